The molecule has 26 heavy (non-hydrogen) atoms. The number of pyridine rings is 1. The smallest absolute Gasteiger partial charge is 0.252 e. The van der Waals surface area contributed by atoms with E-state index >= 15 is 0 Å². The summed E-state index contributed by atoms with van der Waals surface area (Å²) in [5.74, 6) is 1.97. The third-order valence-electron chi connectivity index (χ3n) is 4.50. The van der Waals surface area contributed by atoms with Crippen LogP contribution in [0.5, 0.6) is 5.75 Å². The van der Waals surface area contributed by atoms with Crippen LogP contribution in [0.4, 0.5) is 5.82 Å². The molecule has 2 aromatic rings. The summed E-state index contributed by atoms with van der Waals surface area (Å²) >= 11 is 6.15. The Labute approximate surface area is 159 Å². The molecule has 0 spiro atoms. The molecule has 1 saturated heterocycles. The summed E-state index contributed by atoms with van der Waals surface area (Å²) in [5, 5.41) is 3.43. The van der Waals surface area contributed by atoms with Crippen LogP contribution in [0.1, 0.15) is 30.1 Å². The third-order valence-corrected chi connectivity index (χ3v) is 4.81. The fourth-order valence-electron chi connectivity index (χ4n) is 3.15. The fraction of sp³-hybridized carbons (Fsp3) is 0.400. The molecule has 1 amide bonds. The molecule has 1 atom stereocenters. The van der Waals surface area contributed by atoms with E-state index in [2.05, 4.69) is 15.2 Å². The molecule has 1 aromatic carbocycles. The number of benzene rings is 1. The van der Waals surface area contributed by atoms with Crippen molar-refractivity contribution in [2.45, 2.75) is 19.8 Å². The van der Waals surface area contributed by atoms with Gasteiger partial charge in [0, 0.05) is 31.7 Å². The second kappa shape index (κ2) is 8.90. The van der Waals surface area contributed by atoms with E-state index in [0.717, 1.165) is 37.5 Å². The first-order valence-electron chi connectivity index (χ1n) is 9.04. The molecule has 3 rings (SSSR count). The summed E-state index contributed by atoms with van der Waals surface area (Å²) in [4.78, 5) is 18.6. The van der Waals surface area contributed by atoms with Crippen molar-refractivity contribution in [1.29, 1.82) is 0 Å². The van der Waals surface area contributed by atoms with E-state index in [9.17, 15) is 4.79 Å². The van der Waals surface area contributed by atoms with Gasteiger partial charge in [0.1, 0.15) is 11.6 Å². The first-order valence-corrected chi connectivity index (χ1v) is 9.41. The monoisotopic (exact) mass is 373 g/mol. The molecule has 5 nitrogen and oxygen atoms in total. The summed E-state index contributed by atoms with van der Waals surface area (Å²) < 4.78 is 5.91. The van der Waals surface area contributed by atoms with Crippen molar-refractivity contribution in [3.8, 4) is 5.75 Å². The van der Waals surface area contributed by atoms with Crippen LogP contribution in [0.3, 0.4) is 0 Å². The highest BCUT2D eigenvalue weighted by Gasteiger charge is 2.22. The van der Waals surface area contributed by atoms with Crippen molar-refractivity contribution in [3.63, 3.8) is 0 Å². The van der Waals surface area contributed by atoms with Crippen LogP contribution in [-0.2, 0) is 0 Å². The second-order valence-corrected chi connectivity index (χ2v) is 6.87. The molecule has 6 heteroatoms. The number of anilines is 1. The van der Waals surface area contributed by atoms with Crippen molar-refractivity contribution in [3.05, 3.63) is 53.2 Å². The molecule has 1 aliphatic rings. The Hall–Kier alpha value is -2.27. The minimum absolute atomic E-state index is 0.0868. The molecule has 1 fully saturated rings. The first-order chi connectivity index (χ1) is 12.7. The summed E-state index contributed by atoms with van der Waals surface area (Å²) in [7, 11) is 0. The minimum Gasteiger partial charge on any atom is -0.492 e. The summed E-state index contributed by atoms with van der Waals surface area (Å²) in [6.45, 7) is 5.00. The van der Waals surface area contributed by atoms with Gasteiger partial charge in [-0.15, -0.1) is 0 Å². The van der Waals surface area contributed by atoms with Crippen molar-refractivity contribution in [2.75, 3.05) is 31.1 Å². The average molecular weight is 374 g/mol. The van der Waals surface area contributed by atoms with E-state index in [0.29, 0.717) is 29.7 Å². The Morgan fingerprint density at radius 1 is 1.35 bits per heavy atom. The lowest BCUT2D eigenvalue weighted by molar-refractivity contribution is 0.0955. The zero-order valence-electron chi connectivity index (χ0n) is 15.0. The lowest BCUT2D eigenvalue weighted by Crippen LogP contribution is -2.38. The number of para-hydroxylation sites is 1. The van der Waals surface area contributed by atoms with Crippen molar-refractivity contribution < 1.29 is 9.53 Å². The molecular weight excluding hydrogens is 350 g/mol. The number of halogens is 1. The highest BCUT2D eigenvalue weighted by molar-refractivity contribution is 6.32. The number of rotatable bonds is 6. The van der Waals surface area contributed by atoms with E-state index in [1.54, 1.807) is 6.20 Å². The quantitative estimate of drug-likeness (QED) is 0.837. The van der Waals surface area contributed by atoms with E-state index in [-0.39, 0.29) is 5.91 Å². The molecule has 0 bridgehead atoms. The fourth-order valence-corrected chi connectivity index (χ4v) is 3.34. The highest BCUT2D eigenvalue weighted by atomic mass is 35.5. The Morgan fingerprint density at radius 2 is 2.19 bits per heavy atom. The Morgan fingerprint density at radius 3 is 2.92 bits per heavy atom. The molecule has 1 unspecified atom stereocenters. The van der Waals surface area contributed by atoms with Crippen molar-refractivity contribution in [2.24, 2.45) is 5.92 Å². The van der Waals surface area contributed by atoms with Gasteiger partial charge in [-0.25, -0.2) is 4.98 Å². The van der Waals surface area contributed by atoms with Gasteiger partial charge < -0.3 is 15.0 Å². The van der Waals surface area contributed by atoms with Gasteiger partial charge >= 0.3 is 0 Å². The van der Waals surface area contributed by atoms with Crippen LogP contribution < -0.4 is 15.0 Å². The van der Waals surface area contributed by atoms with Gasteiger partial charge in [-0.3, -0.25) is 4.79 Å². The predicted octanol–water partition coefficient (Wildman–Crippen LogP) is 3.78. The maximum Gasteiger partial charge on any atom is 0.252 e. The lowest BCUT2D eigenvalue weighted by atomic mass is 9.99. The molecule has 1 N–H and O–H groups in total. The maximum absolute atomic E-state index is 11.8. The van der Waals surface area contributed by atoms with Crippen molar-refractivity contribution in [1.82, 2.24) is 10.3 Å². The highest BCUT2D eigenvalue weighted by Crippen LogP contribution is 2.26. The Balaban J connectivity index is 1.58. The van der Waals surface area contributed by atoms with Gasteiger partial charge in [-0.1, -0.05) is 23.7 Å². The van der Waals surface area contributed by atoms with Crippen LogP contribution in [0.15, 0.2) is 42.6 Å². The summed E-state index contributed by atoms with van der Waals surface area (Å²) in [6, 6.07) is 11.3. The van der Waals surface area contributed by atoms with Gasteiger partial charge in [0.15, 0.2) is 0 Å². The molecule has 138 valence electrons. The number of hydrogen-bond acceptors (Lipinski definition) is 4. The number of hydrogen-bond donors (Lipinski definition) is 1. The second-order valence-electron chi connectivity index (χ2n) is 6.46. The standard InChI is InChI=1S/C20H24ClN3O2/c1-2-22-20(25)16-9-10-19(23-12-16)24-11-5-6-15(13-24)14-26-18-8-4-3-7-17(18)21/h3-4,7-10,12,15H,2,5-6,11,13-14H2,1H3,(H,22,25). The van der Waals surface area contributed by atoms with Crippen LogP contribution in [0.2, 0.25) is 5.02 Å². The largest absolute Gasteiger partial charge is 0.492 e. The zero-order chi connectivity index (χ0) is 18.4. The molecule has 0 radical (unpaired) electrons. The summed E-state index contributed by atoms with van der Waals surface area (Å²) in [6.07, 6.45) is 3.86. The number of nitrogens with one attached hydrogen (secondary N) is 1. The molecule has 0 saturated carbocycles. The molecule has 0 aliphatic carbocycles. The number of piperidine rings is 1. The predicted molar refractivity (Wildman–Crippen MR) is 104 cm³/mol. The van der Waals surface area contributed by atoms with Crippen LogP contribution in [0.25, 0.3) is 0 Å². The Bertz CT molecular complexity index is 736. The minimum atomic E-state index is -0.0868. The van der Waals surface area contributed by atoms with E-state index in [1.807, 2.05) is 43.3 Å². The number of ether oxygens (including phenoxy) is 1. The maximum atomic E-state index is 11.8. The normalized spacial score (nSPS) is 17.0. The van der Waals surface area contributed by atoms with Gasteiger partial charge in [-0.05, 0) is 44.0 Å². The van der Waals surface area contributed by atoms with Crippen LogP contribution in [0, 0.1) is 5.92 Å². The zero-order valence-corrected chi connectivity index (χ0v) is 15.7. The number of amides is 1. The molecule has 1 aromatic heterocycles. The van der Waals surface area contributed by atoms with E-state index in [1.165, 1.54) is 0 Å². The van der Waals surface area contributed by atoms with Gasteiger partial charge in [0.2, 0.25) is 0 Å². The van der Waals surface area contributed by atoms with E-state index < -0.39 is 0 Å². The summed E-state index contributed by atoms with van der Waals surface area (Å²) in [5.41, 5.74) is 0.589. The van der Waals surface area contributed by atoms with Crippen LogP contribution in [-0.4, -0.2) is 37.1 Å². The topological polar surface area (TPSA) is 54.5 Å². The first kappa shape index (κ1) is 18.5. The third kappa shape index (κ3) is 4.67. The number of carbonyl (C=O) groups excluding carboxylic acids is 1. The lowest BCUT2D eigenvalue weighted by Gasteiger charge is -2.33. The van der Waals surface area contributed by atoms with E-state index in [4.69, 9.17) is 16.3 Å². The number of carbonyl (C=O) groups is 1. The molecule has 2 heterocycles. The Kier molecular flexibility index (Phi) is 6.34. The number of aromatic nitrogens is 1. The van der Waals surface area contributed by atoms with Gasteiger partial charge in [-0.2, -0.15) is 0 Å². The molecular formula is C20H24ClN3O2. The SMILES string of the molecule is CCNC(=O)c1ccc(N2CCCC(COc3ccccc3Cl)C2)nc1. The number of nitrogens with zero attached hydrogens (tertiary/aromatic N) is 2. The van der Waals surface area contributed by atoms with Gasteiger partial charge in [0.05, 0.1) is 17.2 Å². The average Bonchev–Trinajstić information content (AvgIpc) is 2.68. The van der Waals surface area contributed by atoms with Crippen LogP contribution >= 0.6 is 11.6 Å². The molecule has 1 aliphatic heterocycles. The van der Waals surface area contributed by atoms with Crippen molar-refractivity contribution >= 4 is 23.3 Å². The van der Waals surface area contributed by atoms with Gasteiger partial charge in [0.25, 0.3) is 5.91 Å².